The van der Waals surface area contributed by atoms with E-state index >= 15 is 0 Å². The van der Waals surface area contributed by atoms with Crippen molar-refractivity contribution in [3.63, 3.8) is 0 Å². The van der Waals surface area contributed by atoms with Gasteiger partial charge in [0.05, 0.1) is 11.3 Å². The van der Waals surface area contributed by atoms with Crippen LogP contribution in [0, 0.1) is 6.92 Å². The van der Waals surface area contributed by atoms with Crippen LogP contribution in [0.4, 0.5) is 0 Å². The zero-order chi connectivity index (χ0) is 13.1. The highest BCUT2D eigenvalue weighted by atomic mass is 79.9. The summed E-state index contributed by atoms with van der Waals surface area (Å²) >= 11 is 3.17. The summed E-state index contributed by atoms with van der Waals surface area (Å²) < 4.78 is 26.3. The van der Waals surface area contributed by atoms with Crippen LogP contribution in [0.1, 0.15) is 12.0 Å². The van der Waals surface area contributed by atoms with Crippen molar-refractivity contribution in [2.45, 2.75) is 18.2 Å². The molecule has 1 rings (SSSR count). The van der Waals surface area contributed by atoms with Crippen molar-refractivity contribution in [1.82, 2.24) is 4.72 Å². The highest BCUT2D eigenvalue weighted by Gasteiger charge is 2.17. The Labute approximate surface area is 108 Å². The van der Waals surface area contributed by atoms with E-state index < -0.39 is 16.0 Å². The number of nitrogens with one attached hydrogen (secondary N) is 1. The van der Waals surface area contributed by atoms with Crippen LogP contribution in [-0.4, -0.2) is 26.0 Å². The predicted octanol–water partition coefficient (Wildman–Crippen LogP) is 1.51. The lowest BCUT2D eigenvalue weighted by atomic mass is 10.2. The van der Waals surface area contributed by atoms with Gasteiger partial charge in [0.2, 0.25) is 10.0 Å². The molecule has 5 nitrogen and oxygen atoms in total. The summed E-state index contributed by atoms with van der Waals surface area (Å²) in [4.78, 5) is 10.4. The summed E-state index contributed by atoms with van der Waals surface area (Å²) in [5.74, 6) is -1.05. The number of aliphatic carboxylic acids is 1. The van der Waals surface area contributed by atoms with Gasteiger partial charge in [-0.15, -0.1) is 0 Å². The number of carboxylic acids is 1. The van der Waals surface area contributed by atoms with Gasteiger partial charge >= 0.3 is 5.97 Å². The zero-order valence-electron chi connectivity index (χ0n) is 9.10. The molecule has 0 fully saturated rings. The first-order valence-corrected chi connectivity index (χ1v) is 7.08. The number of aryl methyl sites for hydroxylation is 1. The normalized spacial score (nSPS) is 11.4. The maximum absolute atomic E-state index is 11.8. The second-order valence-electron chi connectivity index (χ2n) is 3.48. The van der Waals surface area contributed by atoms with Crippen molar-refractivity contribution in [1.29, 1.82) is 0 Å². The van der Waals surface area contributed by atoms with Crippen molar-refractivity contribution in [3.8, 4) is 0 Å². The molecule has 7 heteroatoms. The van der Waals surface area contributed by atoms with Crippen LogP contribution in [0.15, 0.2) is 27.6 Å². The molecule has 0 heterocycles. The fraction of sp³-hybridized carbons (Fsp3) is 0.300. The minimum Gasteiger partial charge on any atom is -0.481 e. The van der Waals surface area contributed by atoms with E-state index in [2.05, 4.69) is 20.7 Å². The van der Waals surface area contributed by atoms with E-state index in [0.29, 0.717) is 4.47 Å². The molecular formula is C10H12BrNO4S. The van der Waals surface area contributed by atoms with Gasteiger partial charge in [-0.1, -0.05) is 6.07 Å². The van der Waals surface area contributed by atoms with Crippen LogP contribution < -0.4 is 4.72 Å². The first-order valence-electron chi connectivity index (χ1n) is 4.80. The van der Waals surface area contributed by atoms with Gasteiger partial charge in [0.1, 0.15) is 0 Å². The number of hydrogen-bond acceptors (Lipinski definition) is 3. The zero-order valence-corrected chi connectivity index (χ0v) is 11.5. The summed E-state index contributed by atoms with van der Waals surface area (Å²) in [5, 5.41) is 8.43. The predicted molar refractivity (Wildman–Crippen MR) is 66.3 cm³/mol. The number of rotatable bonds is 5. The second kappa shape index (κ2) is 5.61. The Hall–Kier alpha value is -0.920. The molecule has 0 amide bonds. The first-order chi connectivity index (χ1) is 7.83. The molecule has 1 aromatic rings. The lowest BCUT2D eigenvalue weighted by Gasteiger charge is -2.08. The van der Waals surface area contributed by atoms with E-state index in [-0.39, 0.29) is 17.9 Å². The Bertz CT molecular complexity index is 527. The van der Waals surface area contributed by atoms with E-state index in [1.54, 1.807) is 12.1 Å². The molecule has 0 saturated heterocycles. The number of hydrogen-bond donors (Lipinski definition) is 2. The van der Waals surface area contributed by atoms with Crippen LogP contribution in [0.3, 0.4) is 0 Å². The molecule has 0 bridgehead atoms. The van der Waals surface area contributed by atoms with Crippen molar-refractivity contribution in [3.05, 3.63) is 28.2 Å². The van der Waals surface area contributed by atoms with E-state index in [9.17, 15) is 13.2 Å². The Kier molecular flexibility index (Phi) is 4.67. The van der Waals surface area contributed by atoms with Gasteiger partial charge in [0.15, 0.2) is 0 Å². The first kappa shape index (κ1) is 14.1. The maximum atomic E-state index is 11.8. The smallest absolute Gasteiger partial charge is 0.304 e. The van der Waals surface area contributed by atoms with Crippen molar-refractivity contribution < 1.29 is 18.3 Å². The molecule has 0 aliphatic heterocycles. The van der Waals surface area contributed by atoms with Crippen LogP contribution in [0.2, 0.25) is 0 Å². The van der Waals surface area contributed by atoms with Crippen molar-refractivity contribution in [2.75, 3.05) is 6.54 Å². The fourth-order valence-electron chi connectivity index (χ4n) is 1.19. The Balaban J connectivity index is 2.86. The van der Waals surface area contributed by atoms with Crippen LogP contribution in [0.25, 0.3) is 0 Å². The van der Waals surface area contributed by atoms with Gasteiger partial charge < -0.3 is 5.11 Å². The van der Waals surface area contributed by atoms with E-state index in [0.717, 1.165) is 5.56 Å². The third kappa shape index (κ3) is 4.10. The van der Waals surface area contributed by atoms with E-state index in [1.807, 2.05) is 6.92 Å². The second-order valence-corrected chi connectivity index (χ2v) is 6.07. The Morgan fingerprint density at radius 2 is 2.12 bits per heavy atom. The summed E-state index contributed by atoms with van der Waals surface area (Å²) in [6.45, 7) is 1.72. The molecule has 0 spiro atoms. The van der Waals surface area contributed by atoms with Gasteiger partial charge in [0, 0.05) is 11.0 Å². The molecule has 17 heavy (non-hydrogen) atoms. The van der Waals surface area contributed by atoms with Crippen LogP contribution in [0.5, 0.6) is 0 Å². The number of benzene rings is 1. The SMILES string of the molecule is Cc1ccc(S(=O)(=O)NCCC(=O)O)c(Br)c1. The molecule has 94 valence electrons. The van der Waals surface area contributed by atoms with E-state index in [1.165, 1.54) is 6.07 Å². The minimum absolute atomic E-state index is 0.105. The minimum atomic E-state index is -3.66. The molecular weight excluding hydrogens is 310 g/mol. The van der Waals surface area contributed by atoms with Gasteiger partial charge in [-0.2, -0.15) is 0 Å². The number of halogens is 1. The number of carbonyl (C=O) groups is 1. The highest BCUT2D eigenvalue weighted by Crippen LogP contribution is 2.22. The average molecular weight is 322 g/mol. The molecule has 0 aliphatic carbocycles. The third-order valence-corrected chi connectivity index (χ3v) is 4.45. The van der Waals surface area contributed by atoms with Gasteiger partial charge in [-0.25, -0.2) is 13.1 Å². The molecule has 0 aliphatic rings. The summed E-state index contributed by atoms with van der Waals surface area (Å²) in [5.41, 5.74) is 0.932. The van der Waals surface area contributed by atoms with Gasteiger partial charge in [0.25, 0.3) is 0 Å². The monoisotopic (exact) mass is 321 g/mol. The summed E-state index contributed by atoms with van der Waals surface area (Å²) in [6, 6.07) is 4.84. The standard InChI is InChI=1S/C10H12BrNO4S/c1-7-2-3-9(8(11)6-7)17(15,16)12-5-4-10(13)14/h2-3,6,12H,4-5H2,1H3,(H,13,14). The fourth-order valence-corrected chi connectivity index (χ4v) is 3.42. The summed E-state index contributed by atoms with van der Waals surface area (Å²) in [7, 11) is -3.66. The lowest BCUT2D eigenvalue weighted by molar-refractivity contribution is -0.136. The molecule has 0 atom stereocenters. The molecule has 2 N–H and O–H groups in total. The average Bonchev–Trinajstić information content (AvgIpc) is 2.15. The topological polar surface area (TPSA) is 83.5 Å². The lowest BCUT2D eigenvalue weighted by Crippen LogP contribution is -2.26. The third-order valence-electron chi connectivity index (χ3n) is 2.01. The number of sulfonamides is 1. The van der Waals surface area contributed by atoms with Crippen molar-refractivity contribution in [2.24, 2.45) is 0 Å². The van der Waals surface area contributed by atoms with E-state index in [4.69, 9.17) is 5.11 Å². The Morgan fingerprint density at radius 1 is 1.47 bits per heavy atom. The largest absolute Gasteiger partial charge is 0.481 e. The van der Waals surface area contributed by atoms with Gasteiger partial charge in [-0.3, -0.25) is 4.79 Å². The quantitative estimate of drug-likeness (QED) is 0.861. The summed E-state index contributed by atoms with van der Waals surface area (Å²) in [6.07, 6.45) is -0.247. The molecule has 1 aromatic carbocycles. The van der Waals surface area contributed by atoms with Crippen LogP contribution >= 0.6 is 15.9 Å². The van der Waals surface area contributed by atoms with Crippen LogP contribution in [-0.2, 0) is 14.8 Å². The maximum Gasteiger partial charge on any atom is 0.304 e. The Morgan fingerprint density at radius 3 is 2.65 bits per heavy atom. The molecule has 0 saturated carbocycles. The molecule has 0 aromatic heterocycles. The highest BCUT2D eigenvalue weighted by molar-refractivity contribution is 9.10. The number of carboxylic acid groups (broad SMARTS) is 1. The van der Waals surface area contributed by atoms with Crippen molar-refractivity contribution >= 4 is 31.9 Å². The molecule has 0 unspecified atom stereocenters. The molecule has 0 radical (unpaired) electrons. The van der Waals surface area contributed by atoms with Gasteiger partial charge in [-0.05, 0) is 40.5 Å².